The zero-order valence-electron chi connectivity index (χ0n) is 14.7. The van der Waals surface area contributed by atoms with Crippen molar-refractivity contribution in [2.75, 3.05) is 43.1 Å². The second-order valence-electron chi connectivity index (χ2n) is 6.73. The van der Waals surface area contributed by atoms with Crippen LogP contribution in [0.5, 0.6) is 5.88 Å². The van der Waals surface area contributed by atoms with E-state index in [0.717, 1.165) is 0 Å². The van der Waals surface area contributed by atoms with Crippen molar-refractivity contribution in [3.05, 3.63) is 12.1 Å². The maximum atomic E-state index is 11.6. The van der Waals surface area contributed by atoms with Crippen LogP contribution in [0.3, 0.4) is 0 Å². The summed E-state index contributed by atoms with van der Waals surface area (Å²) in [5.74, 6) is 0.984. The van der Waals surface area contributed by atoms with E-state index in [4.69, 9.17) is 9.47 Å². The highest BCUT2D eigenvalue weighted by molar-refractivity contribution is 7.91. The summed E-state index contributed by atoms with van der Waals surface area (Å²) in [6.07, 6.45) is -0.601. The van der Waals surface area contributed by atoms with E-state index in [2.05, 4.69) is 15.5 Å². The second-order valence-corrected chi connectivity index (χ2v) is 9.03. The van der Waals surface area contributed by atoms with Gasteiger partial charge >= 0.3 is 6.09 Å². The molecule has 0 aromatic carbocycles. The van der Waals surface area contributed by atoms with Gasteiger partial charge < -0.3 is 9.47 Å². The molecule has 9 nitrogen and oxygen atoms in total. The van der Waals surface area contributed by atoms with Crippen LogP contribution in [0, 0.1) is 0 Å². The van der Waals surface area contributed by atoms with E-state index < -0.39 is 21.5 Å². The molecule has 140 valence electrons. The van der Waals surface area contributed by atoms with Gasteiger partial charge in [-0.05, 0) is 26.8 Å². The molecule has 1 aromatic rings. The second kappa shape index (κ2) is 7.96. The standard InChI is InChI=1S/C15H24N4O5S/c1-15(2,3)24-14(20)16-12-4-5-13(18-17-12)23-9-6-19-7-10-25(21,22)11-8-19/h4-5H,6-11H2,1-3H3,(H,16,17,20). The SMILES string of the molecule is CC(C)(C)OC(=O)Nc1ccc(OCCN2CCS(=O)(=O)CC2)nn1. The lowest BCUT2D eigenvalue weighted by Gasteiger charge is -2.26. The molecule has 1 N–H and O–H groups in total. The van der Waals surface area contributed by atoms with Crippen molar-refractivity contribution in [3.63, 3.8) is 0 Å². The Morgan fingerprint density at radius 3 is 2.48 bits per heavy atom. The third kappa shape index (κ3) is 7.22. The minimum atomic E-state index is -2.87. The molecular weight excluding hydrogens is 348 g/mol. The number of aromatic nitrogens is 2. The summed E-state index contributed by atoms with van der Waals surface area (Å²) < 4.78 is 33.3. The van der Waals surface area contributed by atoms with E-state index in [-0.39, 0.29) is 17.3 Å². The number of rotatable bonds is 5. The summed E-state index contributed by atoms with van der Waals surface area (Å²) in [7, 11) is -2.87. The van der Waals surface area contributed by atoms with Crippen LogP contribution < -0.4 is 10.1 Å². The number of anilines is 1. The number of nitrogens with one attached hydrogen (secondary N) is 1. The van der Waals surface area contributed by atoms with E-state index in [1.54, 1.807) is 32.9 Å². The third-order valence-corrected chi connectivity index (χ3v) is 4.97. The fraction of sp³-hybridized carbons (Fsp3) is 0.667. The number of carbonyl (C=O) groups is 1. The van der Waals surface area contributed by atoms with Gasteiger partial charge in [0, 0.05) is 25.7 Å². The lowest BCUT2D eigenvalue weighted by atomic mass is 10.2. The average molecular weight is 372 g/mol. The van der Waals surface area contributed by atoms with Crippen LogP contribution in [-0.4, -0.2) is 73.0 Å². The van der Waals surface area contributed by atoms with Crippen molar-refractivity contribution in [3.8, 4) is 5.88 Å². The molecule has 2 rings (SSSR count). The molecule has 0 aliphatic carbocycles. The predicted octanol–water partition coefficient (Wildman–Crippen LogP) is 0.933. The van der Waals surface area contributed by atoms with Gasteiger partial charge in [0.25, 0.3) is 0 Å². The Morgan fingerprint density at radius 1 is 1.24 bits per heavy atom. The van der Waals surface area contributed by atoms with E-state index in [1.165, 1.54) is 0 Å². The average Bonchev–Trinajstić information content (AvgIpc) is 2.49. The van der Waals surface area contributed by atoms with Crippen molar-refractivity contribution in [1.29, 1.82) is 0 Å². The molecule has 0 bridgehead atoms. The van der Waals surface area contributed by atoms with Crippen LogP contribution in [0.25, 0.3) is 0 Å². The predicted molar refractivity (Wildman–Crippen MR) is 92.5 cm³/mol. The Hall–Kier alpha value is -1.94. The monoisotopic (exact) mass is 372 g/mol. The normalized spacial score (nSPS) is 17.7. The Bertz CT molecular complexity index is 671. The van der Waals surface area contributed by atoms with Gasteiger partial charge in [0.2, 0.25) is 5.88 Å². The highest BCUT2D eigenvalue weighted by atomic mass is 32.2. The van der Waals surface area contributed by atoms with Crippen molar-refractivity contribution in [1.82, 2.24) is 15.1 Å². The van der Waals surface area contributed by atoms with Crippen LogP contribution in [0.15, 0.2) is 12.1 Å². The quantitative estimate of drug-likeness (QED) is 0.813. The van der Waals surface area contributed by atoms with E-state index in [0.29, 0.717) is 32.1 Å². The molecule has 1 amide bonds. The van der Waals surface area contributed by atoms with Gasteiger partial charge in [-0.15, -0.1) is 10.2 Å². The van der Waals surface area contributed by atoms with E-state index in [9.17, 15) is 13.2 Å². The molecule has 10 heteroatoms. The van der Waals surface area contributed by atoms with E-state index in [1.807, 2.05) is 4.90 Å². The lowest BCUT2D eigenvalue weighted by molar-refractivity contribution is 0.0635. The molecule has 0 unspecified atom stereocenters. The van der Waals surface area contributed by atoms with Crippen molar-refractivity contribution >= 4 is 21.7 Å². The third-order valence-electron chi connectivity index (χ3n) is 3.36. The fourth-order valence-corrected chi connectivity index (χ4v) is 3.40. The summed E-state index contributed by atoms with van der Waals surface area (Å²) in [4.78, 5) is 13.7. The molecule has 2 heterocycles. The molecule has 1 aliphatic heterocycles. The number of carbonyl (C=O) groups excluding carboxylic acids is 1. The van der Waals surface area contributed by atoms with Crippen LogP contribution in [0.2, 0.25) is 0 Å². The minimum absolute atomic E-state index is 0.192. The number of sulfone groups is 1. The molecule has 0 saturated carbocycles. The van der Waals surface area contributed by atoms with Crippen LogP contribution in [-0.2, 0) is 14.6 Å². The number of hydrogen-bond donors (Lipinski definition) is 1. The molecule has 0 spiro atoms. The topological polar surface area (TPSA) is 111 Å². The maximum absolute atomic E-state index is 11.6. The number of amides is 1. The molecule has 0 atom stereocenters. The zero-order chi connectivity index (χ0) is 18.5. The number of hydrogen-bond acceptors (Lipinski definition) is 8. The van der Waals surface area contributed by atoms with Crippen LogP contribution in [0.1, 0.15) is 20.8 Å². The fourth-order valence-electron chi connectivity index (χ4n) is 2.13. The molecule has 25 heavy (non-hydrogen) atoms. The molecule has 1 saturated heterocycles. The Morgan fingerprint density at radius 2 is 1.92 bits per heavy atom. The van der Waals surface area contributed by atoms with Gasteiger partial charge in [0.1, 0.15) is 12.2 Å². The molecule has 1 aromatic heterocycles. The summed E-state index contributed by atoms with van der Waals surface area (Å²) in [6.45, 7) is 7.36. The maximum Gasteiger partial charge on any atom is 0.413 e. The van der Waals surface area contributed by atoms with Crippen molar-refractivity contribution in [2.45, 2.75) is 26.4 Å². The summed E-state index contributed by atoms with van der Waals surface area (Å²) in [5.41, 5.74) is -0.589. The van der Waals surface area contributed by atoms with Gasteiger partial charge in [0.15, 0.2) is 15.7 Å². The summed E-state index contributed by atoms with van der Waals surface area (Å²) in [5, 5.41) is 10.2. The summed E-state index contributed by atoms with van der Waals surface area (Å²) >= 11 is 0. The lowest BCUT2D eigenvalue weighted by Crippen LogP contribution is -2.42. The molecule has 1 fully saturated rings. The van der Waals surface area contributed by atoms with Crippen LogP contribution >= 0.6 is 0 Å². The first-order valence-corrected chi connectivity index (χ1v) is 9.84. The van der Waals surface area contributed by atoms with Gasteiger partial charge in [-0.3, -0.25) is 10.2 Å². The first kappa shape index (κ1) is 19.4. The first-order chi connectivity index (χ1) is 11.6. The number of ether oxygens (including phenoxy) is 2. The smallest absolute Gasteiger partial charge is 0.413 e. The summed E-state index contributed by atoms with van der Waals surface area (Å²) in [6, 6.07) is 3.17. The van der Waals surface area contributed by atoms with Crippen LogP contribution in [0.4, 0.5) is 10.6 Å². The molecular formula is C15H24N4O5S. The highest BCUT2D eigenvalue weighted by Gasteiger charge is 2.21. The van der Waals surface area contributed by atoms with E-state index >= 15 is 0 Å². The Labute approximate surface area is 147 Å². The molecule has 0 radical (unpaired) electrons. The van der Waals surface area contributed by atoms with Gasteiger partial charge in [0.05, 0.1) is 11.5 Å². The highest BCUT2D eigenvalue weighted by Crippen LogP contribution is 2.12. The van der Waals surface area contributed by atoms with Gasteiger partial charge in [-0.2, -0.15) is 0 Å². The van der Waals surface area contributed by atoms with Crippen molar-refractivity contribution < 1.29 is 22.7 Å². The minimum Gasteiger partial charge on any atom is -0.475 e. The largest absolute Gasteiger partial charge is 0.475 e. The molecule has 1 aliphatic rings. The Balaban J connectivity index is 1.72. The zero-order valence-corrected chi connectivity index (χ0v) is 15.5. The Kier molecular flexibility index (Phi) is 6.17. The number of nitrogens with zero attached hydrogens (tertiary/aromatic N) is 3. The van der Waals surface area contributed by atoms with Gasteiger partial charge in [-0.1, -0.05) is 0 Å². The first-order valence-electron chi connectivity index (χ1n) is 8.02. The van der Waals surface area contributed by atoms with Crippen molar-refractivity contribution in [2.24, 2.45) is 0 Å². The van der Waals surface area contributed by atoms with Gasteiger partial charge in [-0.25, -0.2) is 13.2 Å².